The molecule has 2 aromatic rings. The number of anilines is 1. The van der Waals surface area contributed by atoms with Crippen LogP contribution in [0.3, 0.4) is 0 Å². The summed E-state index contributed by atoms with van der Waals surface area (Å²) in [5, 5.41) is 17.3. The Kier molecular flexibility index (Phi) is 6.26. The maximum absolute atomic E-state index is 11.8. The average Bonchev–Trinajstić information content (AvgIpc) is 2.62. The van der Waals surface area contributed by atoms with Crippen molar-refractivity contribution < 1.29 is 14.5 Å². The van der Waals surface area contributed by atoms with Crippen molar-refractivity contribution >= 4 is 52.1 Å². The molecule has 0 heterocycles. The topological polar surface area (TPSA) is 114 Å². The Morgan fingerprint density at radius 3 is 2.27 bits per heavy atom. The molecule has 10 heteroatoms. The molecule has 0 spiro atoms. The van der Waals surface area contributed by atoms with Crippen LogP contribution >= 0.6 is 23.2 Å². The fourth-order valence-electron chi connectivity index (χ4n) is 1.84. The highest BCUT2D eigenvalue weighted by Crippen LogP contribution is 2.24. The summed E-state index contributed by atoms with van der Waals surface area (Å²) in [6.45, 7) is 1.58. The molecule has 2 N–H and O–H groups in total. The van der Waals surface area contributed by atoms with Crippen LogP contribution in [0.2, 0.25) is 10.0 Å². The highest BCUT2D eigenvalue weighted by molar-refractivity contribution is 6.43. The molecule has 0 unspecified atom stereocenters. The number of non-ortho nitro benzene ring substituents is 1. The predicted octanol–water partition coefficient (Wildman–Crippen LogP) is 3.38. The molecule has 2 rings (SSSR count). The van der Waals surface area contributed by atoms with E-state index in [1.54, 1.807) is 6.92 Å². The highest BCUT2D eigenvalue weighted by atomic mass is 35.5. The first kappa shape index (κ1) is 19.4. The Labute approximate surface area is 157 Å². The smallest absolute Gasteiger partial charge is 0.318 e. The highest BCUT2D eigenvalue weighted by Gasteiger charge is 2.14. The van der Waals surface area contributed by atoms with Gasteiger partial charge in [0.05, 0.1) is 20.7 Å². The quantitative estimate of drug-likeness (QED) is 0.358. The third-order valence-corrected chi connectivity index (χ3v) is 3.94. The summed E-state index contributed by atoms with van der Waals surface area (Å²) in [5.41, 5.74) is 3.27. The van der Waals surface area contributed by atoms with Crippen LogP contribution in [0, 0.1) is 10.1 Å². The van der Waals surface area contributed by atoms with Gasteiger partial charge in [-0.15, -0.1) is 0 Å². The first-order valence-electron chi connectivity index (χ1n) is 7.13. The van der Waals surface area contributed by atoms with Gasteiger partial charge in [-0.05, 0) is 42.8 Å². The Morgan fingerprint density at radius 1 is 1.04 bits per heavy atom. The average molecular weight is 395 g/mol. The number of nitrogens with zero attached hydrogens (tertiary/aromatic N) is 2. The van der Waals surface area contributed by atoms with E-state index in [1.807, 2.05) is 0 Å². The van der Waals surface area contributed by atoms with E-state index in [0.717, 1.165) is 0 Å². The van der Waals surface area contributed by atoms with Gasteiger partial charge in [0, 0.05) is 17.8 Å². The van der Waals surface area contributed by atoms with E-state index in [1.165, 1.54) is 42.5 Å². The Hall–Kier alpha value is -2.97. The van der Waals surface area contributed by atoms with Crippen molar-refractivity contribution in [1.29, 1.82) is 0 Å². The summed E-state index contributed by atoms with van der Waals surface area (Å²) in [6, 6.07) is 9.97. The molecular weight excluding hydrogens is 383 g/mol. The summed E-state index contributed by atoms with van der Waals surface area (Å²) >= 11 is 11.6. The zero-order chi connectivity index (χ0) is 19.3. The molecule has 0 aliphatic rings. The van der Waals surface area contributed by atoms with E-state index < -0.39 is 16.7 Å². The second-order valence-electron chi connectivity index (χ2n) is 5.03. The zero-order valence-electron chi connectivity index (χ0n) is 13.3. The van der Waals surface area contributed by atoms with E-state index in [4.69, 9.17) is 23.2 Å². The van der Waals surface area contributed by atoms with Crippen LogP contribution in [0.1, 0.15) is 12.5 Å². The lowest BCUT2D eigenvalue weighted by atomic mass is 10.1. The number of halogens is 2. The number of hydrazone groups is 1. The molecule has 26 heavy (non-hydrogen) atoms. The van der Waals surface area contributed by atoms with Gasteiger partial charge < -0.3 is 5.32 Å². The third-order valence-electron chi connectivity index (χ3n) is 3.20. The van der Waals surface area contributed by atoms with E-state index in [0.29, 0.717) is 22.0 Å². The van der Waals surface area contributed by atoms with Gasteiger partial charge >= 0.3 is 11.8 Å². The normalized spacial score (nSPS) is 11.0. The van der Waals surface area contributed by atoms with Gasteiger partial charge in [-0.1, -0.05) is 23.2 Å². The summed E-state index contributed by atoms with van der Waals surface area (Å²) in [5.74, 6) is -1.93. The molecule has 0 atom stereocenters. The second kappa shape index (κ2) is 8.41. The summed E-state index contributed by atoms with van der Waals surface area (Å²) in [6.07, 6.45) is 0. The molecule has 0 aliphatic heterocycles. The van der Waals surface area contributed by atoms with Crippen molar-refractivity contribution in [3.05, 3.63) is 68.2 Å². The van der Waals surface area contributed by atoms with E-state index >= 15 is 0 Å². The minimum atomic E-state index is -0.989. The molecule has 0 saturated carbocycles. The molecule has 134 valence electrons. The van der Waals surface area contributed by atoms with Gasteiger partial charge in [0.1, 0.15) is 0 Å². The molecule has 0 saturated heterocycles. The number of hydrogen-bond acceptors (Lipinski definition) is 5. The van der Waals surface area contributed by atoms with Gasteiger partial charge in [-0.3, -0.25) is 19.7 Å². The Bertz CT molecular complexity index is 898. The van der Waals surface area contributed by atoms with Crippen molar-refractivity contribution in [3.8, 4) is 0 Å². The Morgan fingerprint density at radius 2 is 1.69 bits per heavy atom. The standard InChI is InChI=1S/C16H12Cl2N4O4/c1-9(10-2-5-12(6-3-10)22(25)26)20-21-16(24)15(23)19-11-4-7-13(17)14(18)8-11/h2-8H,1H3,(H,19,23)(H,21,24)/b20-9+. The molecule has 0 radical (unpaired) electrons. The fraction of sp³-hybridized carbons (Fsp3) is 0.0625. The van der Waals surface area contributed by atoms with Crippen molar-refractivity contribution in [2.24, 2.45) is 5.10 Å². The van der Waals surface area contributed by atoms with Gasteiger partial charge in [0.15, 0.2) is 0 Å². The minimum Gasteiger partial charge on any atom is -0.318 e. The number of nitro benzene ring substituents is 1. The molecule has 0 fully saturated rings. The maximum atomic E-state index is 11.8. The van der Waals surface area contributed by atoms with Crippen molar-refractivity contribution in [1.82, 2.24) is 5.43 Å². The lowest BCUT2D eigenvalue weighted by Crippen LogP contribution is -2.32. The van der Waals surface area contributed by atoms with Crippen molar-refractivity contribution in [3.63, 3.8) is 0 Å². The number of hydrogen-bond donors (Lipinski definition) is 2. The van der Waals surface area contributed by atoms with Crippen LogP contribution in [0.4, 0.5) is 11.4 Å². The summed E-state index contributed by atoms with van der Waals surface area (Å²) in [7, 11) is 0. The molecule has 2 aromatic carbocycles. The molecule has 0 bridgehead atoms. The minimum absolute atomic E-state index is 0.0633. The van der Waals surface area contributed by atoms with Crippen molar-refractivity contribution in [2.75, 3.05) is 5.32 Å². The Balaban J connectivity index is 1.99. The molecular formula is C16H12Cl2N4O4. The van der Waals surface area contributed by atoms with Gasteiger partial charge in [0.2, 0.25) is 0 Å². The van der Waals surface area contributed by atoms with Crippen LogP contribution in [0.15, 0.2) is 47.6 Å². The van der Waals surface area contributed by atoms with Crippen LogP contribution in [-0.4, -0.2) is 22.4 Å². The largest absolute Gasteiger partial charge is 0.329 e. The lowest BCUT2D eigenvalue weighted by Gasteiger charge is -2.06. The number of carbonyl (C=O) groups is 2. The number of amides is 2. The SMILES string of the molecule is C/C(=N\NC(=O)C(=O)Nc1ccc(Cl)c(Cl)c1)c1ccc([N+](=O)[O-])cc1. The third kappa shape index (κ3) is 5.01. The van der Waals surface area contributed by atoms with Crippen LogP contribution in [0.5, 0.6) is 0 Å². The zero-order valence-corrected chi connectivity index (χ0v) is 14.8. The van der Waals surface area contributed by atoms with Gasteiger partial charge in [0.25, 0.3) is 5.69 Å². The van der Waals surface area contributed by atoms with Crippen LogP contribution in [0.25, 0.3) is 0 Å². The van der Waals surface area contributed by atoms with Crippen LogP contribution in [-0.2, 0) is 9.59 Å². The number of carbonyl (C=O) groups excluding carboxylic acids is 2. The number of benzene rings is 2. The van der Waals surface area contributed by atoms with E-state index in [9.17, 15) is 19.7 Å². The molecule has 8 nitrogen and oxygen atoms in total. The van der Waals surface area contributed by atoms with Gasteiger partial charge in [-0.2, -0.15) is 5.10 Å². The monoisotopic (exact) mass is 394 g/mol. The first-order chi connectivity index (χ1) is 12.3. The molecule has 0 aromatic heterocycles. The van der Waals surface area contributed by atoms with Gasteiger partial charge in [-0.25, -0.2) is 5.43 Å². The number of nitro groups is 1. The number of nitrogens with one attached hydrogen (secondary N) is 2. The maximum Gasteiger partial charge on any atom is 0.329 e. The second-order valence-corrected chi connectivity index (χ2v) is 5.84. The lowest BCUT2D eigenvalue weighted by molar-refractivity contribution is -0.384. The van der Waals surface area contributed by atoms with Crippen molar-refractivity contribution in [2.45, 2.75) is 6.92 Å². The van der Waals surface area contributed by atoms with Crippen LogP contribution < -0.4 is 10.7 Å². The molecule has 0 aliphatic carbocycles. The first-order valence-corrected chi connectivity index (χ1v) is 7.89. The fourth-order valence-corrected chi connectivity index (χ4v) is 2.13. The summed E-state index contributed by atoms with van der Waals surface area (Å²) in [4.78, 5) is 33.7. The van der Waals surface area contributed by atoms with E-state index in [2.05, 4.69) is 15.8 Å². The number of rotatable bonds is 4. The molecule has 2 amide bonds. The predicted molar refractivity (Wildman–Crippen MR) is 98.5 cm³/mol. The summed E-state index contributed by atoms with van der Waals surface area (Å²) < 4.78 is 0. The van der Waals surface area contributed by atoms with E-state index in [-0.39, 0.29) is 10.7 Å².